The number of halogens is 4. The summed E-state index contributed by atoms with van der Waals surface area (Å²) in [7, 11) is 1.14. The maximum absolute atomic E-state index is 12.6. The molecule has 0 radical (unpaired) electrons. The van der Waals surface area contributed by atoms with Crippen LogP contribution in [0.15, 0.2) is 48.5 Å². The highest BCUT2D eigenvalue weighted by atomic mass is 35.5. The molecule has 0 aliphatic rings. The number of carbonyl (C=O) groups is 2. The van der Waals surface area contributed by atoms with E-state index in [1.54, 1.807) is 24.3 Å². The molecule has 0 aliphatic heterocycles. The fraction of sp³-hybridized carbons (Fsp3) is 0.263. The minimum absolute atomic E-state index is 0.0446. The van der Waals surface area contributed by atoms with Crippen LogP contribution in [0.25, 0.3) is 0 Å². The van der Waals surface area contributed by atoms with Crippen LogP contribution in [0.1, 0.15) is 22.8 Å². The van der Waals surface area contributed by atoms with E-state index < -0.39 is 35.8 Å². The highest BCUT2D eigenvalue weighted by Crippen LogP contribution is 2.30. The SMILES string of the molecule is COC(=O)[C@H](Cc1cccc(Cl)c1)NC(=O)[C@H](O)c1ccc(C(F)(F)F)cc1. The van der Waals surface area contributed by atoms with Crippen LogP contribution in [0.4, 0.5) is 13.2 Å². The van der Waals surface area contributed by atoms with Crippen molar-refractivity contribution < 1.29 is 32.6 Å². The summed E-state index contributed by atoms with van der Waals surface area (Å²) in [5.41, 5.74) is -0.304. The first-order chi connectivity index (χ1) is 13.1. The number of benzene rings is 2. The van der Waals surface area contributed by atoms with Gasteiger partial charge in [-0.05, 0) is 35.4 Å². The van der Waals surface area contributed by atoms with E-state index in [9.17, 15) is 27.9 Å². The number of hydrogen-bond acceptors (Lipinski definition) is 4. The smallest absolute Gasteiger partial charge is 0.416 e. The Bertz CT molecular complexity index is 840. The molecule has 5 nitrogen and oxygen atoms in total. The van der Waals surface area contributed by atoms with Gasteiger partial charge >= 0.3 is 12.1 Å². The minimum atomic E-state index is -4.53. The number of aliphatic hydroxyl groups excluding tert-OH is 1. The lowest BCUT2D eigenvalue weighted by molar-refractivity contribution is -0.146. The lowest BCUT2D eigenvalue weighted by Crippen LogP contribution is -2.45. The van der Waals surface area contributed by atoms with Crippen LogP contribution < -0.4 is 5.32 Å². The molecule has 0 aromatic heterocycles. The summed E-state index contributed by atoms with van der Waals surface area (Å²) < 4.78 is 42.5. The van der Waals surface area contributed by atoms with Gasteiger partial charge in [-0.2, -0.15) is 13.2 Å². The number of esters is 1. The Labute approximate surface area is 164 Å². The summed E-state index contributed by atoms with van der Waals surface area (Å²) in [6.45, 7) is 0. The molecule has 9 heteroatoms. The van der Waals surface area contributed by atoms with Gasteiger partial charge in [-0.1, -0.05) is 35.9 Å². The summed E-state index contributed by atoms with van der Waals surface area (Å²) in [5, 5.41) is 12.9. The number of alkyl halides is 3. The first kappa shape index (κ1) is 21.7. The summed E-state index contributed by atoms with van der Waals surface area (Å²) in [6.07, 6.45) is -6.23. The average molecular weight is 416 g/mol. The minimum Gasteiger partial charge on any atom is -0.467 e. The van der Waals surface area contributed by atoms with E-state index in [2.05, 4.69) is 10.1 Å². The zero-order chi connectivity index (χ0) is 20.9. The molecule has 0 fully saturated rings. The van der Waals surface area contributed by atoms with Crippen molar-refractivity contribution in [3.05, 3.63) is 70.2 Å². The molecule has 0 spiro atoms. The van der Waals surface area contributed by atoms with Crippen molar-refractivity contribution in [1.82, 2.24) is 5.32 Å². The average Bonchev–Trinajstić information content (AvgIpc) is 2.65. The largest absolute Gasteiger partial charge is 0.467 e. The molecule has 150 valence electrons. The molecule has 0 bridgehead atoms. The van der Waals surface area contributed by atoms with Crippen molar-refractivity contribution in [3.63, 3.8) is 0 Å². The number of nitrogens with one attached hydrogen (secondary N) is 1. The normalized spacial score (nSPS) is 13.5. The zero-order valence-corrected chi connectivity index (χ0v) is 15.4. The summed E-state index contributed by atoms with van der Waals surface area (Å²) in [4.78, 5) is 24.3. The van der Waals surface area contributed by atoms with Gasteiger partial charge in [-0.3, -0.25) is 4.79 Å². The van der Waals surface area contributed by atoms with Crippen molar-refractivity contribution >= 4 is 23.5 Å². The van der Waals surface area contributed by atoms with Crippen molar-refractivity contribution in [1.29, 1.82) is 0 Å². The number of amides is 1. The van der Waals surface area contributed by atoms with Crippen LogP contribution in [-0.2, 0) is 26.9 Å². The predicted octanol–water partition coefficient (Wildman–Crippen LogP) is 3.29. The van der Waals surface area contributed by atoms with Crippen molar-refractivity contribution in [3.8, 4) is 0 Å². The Hall–Kier alpha value is -2.58. The topological polar surface area (TPSA) is 75.6 Å². The molecule has 2 atom stereocenters. The molecular formula is C19H17ClF3NO4. The molecule has 2 N–H and O–H groups in total. The van der Waals surface area contributed by atoms with Crippen molar-refractivity contribution in [2.75, 3.05) is 7.11 Å². The Balaban J connectivity index is 2.12. The van der Waals surface area contributed by atoms with Gasteiger partial charge in [-0.25, -0.2) is 4.79 Å². The lowest BCUT2D eigenvalue weighted by Gasteiger charge is -2.19. The van der Waals surface area contributed by atoms with Crippen LogP contribution in [0.3, 0.4) is 0 Å². The molecular weight excluding hydrogens is 399 g/mol. The molecule has 0 unspecified atom stereocenters. The third-order valence-corrected chi connectivity index (χ3v) is 4.17. The molecule has 0 saturated carbocycles. The lowest BCUT2D eigenvalue weighted by atomic mass is 10.0. The van der Waals surface area contributed by atoms with Gasteiger partial charge < -0.3 is 15.2 Å². The number of methoxy groups -OCH3 is 1. The van der Waals surface area contributed by atoms with Gasteiger partial charge in [0.1, 0.15) is 6.04 Å². The Morgan fingerprint density at radius 2 is 1.82 bits per heavy atom. The van der Waals surface area contributed by atoms with E-state index >= 15 is 0 Å². The molecule has 1 amide bonds. The first-order valence-corrected chi connectivity index (χ1v) is 8.47. The second-order valence-electron chi connectivity index (χ2n) is 5.94. The van der Waals surface area contributed by atoms with Crippen LogP contribution in [0, 0.1) is 0 Å². The maximum Gasteiger partial charge on any atom is 0.416 e. The van der Waals surface area contributed by atoms with Crippen LogP contribution in [0.2, 0.25) is 5.02 Å². The fourth-order valence-electron chi connectivity index (χ4n) is 2.49. The van der Waals surface area contributed by atoms with E-state index in [1.807, 2.05) is 0 Å². The van der Waals surface area contributed by atoms with E-state index in [0.29, 0.717) is 10.6 Å². The first-order valence-electron chi connectivity index (χ1n) is 8.09. The quantitative estimate of drug-likeness (QED) is 0.710. The van der Waals surface area contributed by atoms with Crippen molar-refractivity contribution in [2.24, 2.45) is 0 Å². The van der Waals surface area contributed by atoms with Gasteiger partial charge in [0, 0.05) is 11.4 Å². The third-order valence-electron chi connectivity index (χ3n) is 3.93. The number of aliphatic hydroxyl groups is 1. The maximum atomic E-state index is 12.6. The summed E-state index contributed by atoms with van der Waals surface area (Å²) in [5.74, 6) is -1.69. The Kier molecular flexibility index (Phi) is 7.04. The van der Waals surface area contributed by atoms with Gasteiger partial charge in [0.25, 0.3) is 5.91 Å². The number of ether oxygens (including phenoxy) is 1. The second-order valence-corrected chi connectivity index (χ2v) is 6.38. The monoisotopic (exact) mass is 415 g/mol. The van der Waals surface area contributed by atoms with E-state index in [-0.39, 0.29) is 12.0 Å². The van der Waals surface area contributed by atoms with Gasteiger partial charge in [-0.15, -0.1) is 0 Å². The Morgan fingerprint density at radius 1 is 1.18 bits per heavy atom. The Morgan fingerprint density at radius 3 is 2.36 bits per heavy atom. The predicted molar refractivity (Wildman–Crippen MR) is 95.5 cm³/mol. The number of hydrogen-bond donors (Lipinski definition) is 2. The van der Waals surface area contributed by atoms with Crippen LogP contribution in [0.5, 0.6) is 0 Å². The summed E-state index contributed by atoms with van der Waals surface area (Å²) in [6, 6.07) is 9.02. The molecule has 0 aliphatic carbocycles. The standard InChI is InChI=1S/C19H17ClF3NO4/c1-28-18(27)15(10-11-3-2-4-14(20)9-11)24-17(26)16(25)12-5-7-13(8-6-12)19(21,22)23/h2-9,15-16,25H,10H2,1H3,(H,24,26)/t15-,16+/m0/s1. The van der Waals surface area contributed by atoms with Gasteiger partial charge in [0.15, 0.2) is 6.10 Å². The molecule has 0 heterocycles. The van der Waals surface area contributed by atoms with Crippen LogP contribution in [-0.4, -0.2) is 30.1 Å². The number of carbonyl (C=O) groups excluding carboxylic acids is 2. The third kappa shape index (κ3) is 5.71. The highest BCUT2D eigenvalue weighted by Gasteiger charge is 2.31. The van der Waals surface area contributed by atoms with E-state index in [1.165, 1.54) is 0 Å². The molecule has 2 aromatic carbocycles. The fourth-order valence-corrected chi connectivity index (χ4v) is 2.70. The van der Waals surface area contributed by atoms with E-state index in [4.69, 9.17) is 11.6 Å². The molecule has 0 saturated heterocycles. The molecule has 2 aromatic rings. The van der Waals surface area contributed by atoms with Crippen LogP contribution >= 0.6 is 11.6 Å². The molecule has 28 heavy (non-hydrogen) atoms. The zero-order valence-electron chi connectivity index (χ0n) is 14.7. The van der Waals surface area contributed by atoms with Gasteiger partial charge in [0.2, 0.25) is 0 Å². The van der Waals surface area contributed by atoms with Crippen molar-refractivity contribution in [2.45, 2.75) is 24.7 Å². The summed E-state index contributed by atoms with van der Waals surface area (Å²) >= 11 is 5.90. The van der Waals surface area contributed by atoms with E-state index in [0.717, 1.165) is 31.4 Å². The molecule has 2 rings (SSSR count). The van der Waals surface area contributed by atoms with Gasteiger partial charge in [0.05, 0.1) is 12.7 Å². The number of rotatable bonds is 6. The highest BCUT2D eigenvalue weighted by molar-refractivity contribution is 6.30. The second kappa shape index (κ2) is 9.07.